The summed E-state index contributed by atoms with van der Waals surface area (Å²) in [7, 11) is 0. The minimum absolute atomic E-state index is 0.110. The van der Waals surface area contributed by atoms with Gasteiger partial charge in [0.1, 0.15) is 0 Å². The van der Waals surface area contributed by atoms with Crippen LogP contribution in [0.5, 0.6) is 0 Å². The van der Waals surface area contributed by atoms with Crippen molar-refractivity contribution in [2.45, 2.75) is 13.5 Å². The highest BCUT2D eigenvalue weighted by molar-refractivity contribution is 6.08. The second-order valence-corrected chi connectivity index (χ2v) is 5.44. The van der Waals surface area contributed by atoms with E-state index in [4.69, 9.17) is 9.47 Å². The van der Waals surface area contributed by atoms with Gasteiger partial charge >= 0.3 is 0 Å². The maximum atomic E-state index is 11.1. The zero-order valence-electron chi connectivity index (χ0n) is 13.6. The lowest BCUT2D eigenvalue weighted by Gasteiger charge is -2.08. The average Bonchev–Trinajstić information content (AvgIpc) is 2.91. The molecule has 0 aliphatic carbocycles. The summed E-state index contributed by atoms with van der Waals surface area (Å²) in [5.41, 5.74) is 2.15. The van der Waals surface area contributed by atoms with E-state index in [-0.39, 0.29) is 10.6 Å². The minimum Gasteiger partial charge on any atom is -0.379 e. The fraction of sp³-hybridized carbons (Fsp3) is 0.333. The SMILES string of the molecule is CCOCCOCCn1c2ccccc2c2cc([N+](=O)[O-])ccc21. The van der Waals surface area contributed by atoms with E-state index in [9.17, 15) is 10.1 Å². The molecular weight excluding hydrogens is 308 g/mol. The molecule has 1 heterocycles. The Balaban J connectivity index is 1.89. The predicted molar refractivity (Wildman–Crippen MR) is 93.4 cm³/mol. The van der Waals surface area contributed by atoms with Crippen LogP contribution < -0.4 is 0 Å². The normalized spacial score (nSPS) is 11.4. The van der Waals surface area contributed by atoms with Crippen LogP contribution >= 0.6 is 0 Å². The third kappa shape index (κ3) is 3.25. The quantitative estimate of drug-likeness (QED) is 0.359. The second kappa shape index (κ2) is 7.42. The molecule has 3 rings (SSSR count). The first kappa shape index (κ1) is 16.4. The summed E-state index contributed by atoms with van der Waals surface area (Å²) in [6.45, 7) is 5.06. The second-order valence-electron chi connectivity index (χ2n) is 5.44. The Morgan fingerprint density at radius 3 is 2.54 bits per heavy atom. The van der Waals surface area contributed by atoms with Crippen molar-refractivity contribution in [3.8, 4) is 0 Å². The Morgan fingerprint density at radius 1 is 1.00 bits per heavy atom. The van der Waals surface area contributed by atoms with Crippen molar-refractivity contribution in [3.05, 3.63) is 52.6 Å². The van der Waals surface area contributed by atoms with Gasteiger partial charge in [-0.15, -0.1) is 0 Å². The number of benzene rings is 2. The molecule has 2 aromatic carbocycles. The topological polar surface area (TPSA) is 66.5 Å². The highest BCUT2D eigenvalue weighted by atomic mass is 16.6. The monoisotopic (exact) mass is 328 g/mol. The fourth-order valence-electron chi connectivity index (χ4n) is 2.92. The molecule has 1 aromatic heterocycles. The Labute approximate surface area is 139 Å². The van der Waals surface area contributed by atoms with Crippen molar-refractivity contribution < 1.29 is 14.4 Å². The van der Waals surface area contributed by atoms with E-state index in [1.807, 2.05) is 37.3 Å². The highest BCUT2D eigenvalue weighted by Crippen LogP contribution is 2.31. The zero-order valence-corrected chi connectivity index (χ0v) is 13.6. The summed E-state index contributed by atoms with van der Waals surface area (Å²) in [6.07, 6.45) is 0. The molecule has 0 fully saturated rings. The first-order valence-electron chi connectivity index (χ1n) is 8.03. The summed E-state index contributed by atoms with van der Waals surface area (Å²) in [6, 6.07) is 13.0. The van der Waals surface area contributed by atoms with Gasteiger partial charge < -0.3 is 14.0 Å². The van der Waals surface area contributed by atoms with Crippen LogP contribution in [0.1, 0.15) is 6.92 Å². The fourth-order valence-corrected chi connectivity index (χ4v) is 2.92. The molecule has 0 saturated carbocycles. The van der Waals surface area contributed by atoms with Crippen LogP contribution in [0.15, 0.2) is 42.5 Å². The number of nitro groups is 1. The van der Waals surface area contributed by atoms with E-state index >= 15 is 0 Å². The van der Waals surface area contributed by atoms with E-state index in [0.717, 1.165) is 21.8 Å². The largest absolute Gasteiger partial charge is 0.379 e. The number of aromatic nitrogens is 1. The van der Waals surface area contributed by atoms with Crippen LogP contribution in [0.3, 0.4) is 0 Å². The van der Waals surface area contributed by atoms with Gasteiger partial charge in [-0.25, -0.2) is 0 Å². The van der Waals surface area contributed by atoms with Crippen molar-refractivity contribution in [1.82, 2.24) is 4.57 Å². The van der Waals surface area contributed by atoms with Crippen LogP contribution in [0, 0.1) is 10.1 Å². The maximum absolute atomic E-state index is 11.1. The minimum atomic E-state index is -0.359. The van der Waals surface area contributed by atoms with Crippen molar-refractivity contribution in [3.63, 3.8) is 0 Å². The van der Waals surface area contributed by atoms with Crippen LogP contribution in [-0.2, 0) is 16.0 Å². The third-order valence-electron chi connectivity index (χ3n) is 4.00. The van der Waals surface area contributed by atoms with Crippen molar-refractivity contribution in [2.24, 2.45) is 0 Å². The molecule has 0 aliphatic rings. The Morgan fingerprint density at radius 2 is 1.75 bits per heavy atom. The van der Waals surface area contributed by atoms with Gasteiger partial charge in [0.2, 0.25) is 0 Å². The van der Waals surface area contributed by atoms with Crippen molar-refractivity contribution in [1.29, 1.82) is 0 Å². The molecule has 126 valence electrons. The third-order valence-corrected chi connectivity index (χ3v) is 4.00. The van der Waals surface area contributed by atoms with Gasteiger partial charge in [-0.3, -0.25) is 10.1 Å². The lowest BCUT2D eigenvalue weighted by Crippen LogP contribution is -2.09. The molecule has 6 nitrogen and oxygen atoms in total. The van der Waals surface area contributed by atoms with Crippen LogP contribution in [0.4, 0.5) is 5.69 Å². The van der Waals surface area contributed by atoms with Crippen molar-refractivity contribution >= 4 is 27.5 Å². The molecule has 0 unspecified atom stereocenters. The molecule has 0 bridgehead atoms. The van der Waals surface area contributed by atoms with Crippen LogP contribution in [0.25, 0.3) is 21.8 Å². The van der Waals surface area contributed by atoms with E-state index in [1.165, 1.54) is 0 Å². The molecule has 0 radical (unpaired) electrons. The lowest BCUT2D eigenvalue weighted by molar-refractivity contribution is -0.384. The number of nitrogens with zero attached hydrogens (tertiary/aromatic N) is 2. The van der Waals surface area contributed by atoms with Gasteiger partial charge in [-0.2, -0.15) is 0 Å². The van der Waals surface area contributed by atoms with Gasteiger partial charge in [0, 0.05) is 47.1 Å². The van der Waals surface area contributed by atoms with Gasteiger partial charge in [0.15, 0.2) is 0 Å². The predicted octanol–water partition coefficient (Wildman–Crippen LogP) is 3.76. The Hall–Kier alpha value is -2.44. The first-order chi connectivity index (χ1) is 11.7. The summed E-state index contributed by atoms with van der Waals surface area (Å²) in [4.78, 5) is 10.7. The summed E-state index contributed by atoms with van der Waals surface area (Å²) in [5.74, 6) is 0. The number of hydrogen-bond acceptors (Lipinski definition) is 4. The average molecular weight is 328 g/mol. The van der Waals surface area contributed by atoms with Crippen molar-refractivity contribution in [2.75, 3.05) is 26.4 Å². The van der Waals surface area contributed by atoms with Gasteiger partial charge in [0.25, 0.3) is 5.69 Å². The highest BCUT2D eigenvalue weighted by Gasteiger charge is 2.14. The lowest BCUT2D eigenvalue weighted by atomic mass is 10.1. The van der Waals surface area contributed by atoms with E-state index < -0.39 is 0 Å². The number of non-ortho nitro benzene ring substituents is 1. The van der Waals surface area contributed by atoms with Crippen LogP contribution in [-0.4, -0.2) is 35.9 Å². The zero-order chi connectivity index (χ0) is 16.9. The van der Waals surface area contributed by atoms with Gasteiger partial charge in [-0.1, -0.05) is 18.2 Å². The smallest absolute Gasteiger partial charge is 0.270 e. The van der Waals surface area contributed by atoms with E-state index in [1.54, 1.807) is 12.1 Å². The number of ether oxygens (including phenoxy) is 2. The van der Waals surface area contributed by atoms with Crippen LogP contribution in [0.2, 0.25) is 0 Å². The first-order valence-corrected chi connectivity index (χ1v) is 8.03. The Kier molecular flexibility index (Phi) is 5.08. The van der Waals surface area contributed by atoms with E-state index in [0.29, 0.717) is 33.0 Å². The molecule has 0 saturated heterocycles. The number of rotatable bonds is 8. The number of para-hydroxylation sites is 1. The van der Waals surface area contributed by atoms with Gasteiger partial charge in [0.05, 0.1) is 24.7 Å². The molecule has 0 atom stereocenters. The summed E-state index contributed by atoms with van der Waals surface area (Å²) in [5, 5.41) is 13.0. The summed E-state index contributed by atoms with van der Waals surface area (Å²) >= 11 is 0. The molecule has 3 aromatic rings. The molecule has 6 heteroatoms. The molecule has 0 spiro atoms. The Bertz CT molecular complexity index is 857. The summed E-state index contributed by atoms with van der Waals surface area (Å²) < 4.78 is 13.0. The molecule has 0 N–H and O–H groups in total. The standard InChI is InChI=1S/C18H20N2O4/c1-2-23-11-12-24-10-9-19-17-6-4-3-5-15(17)16-13-14(20(21)22)7-8-18(16)19/h3-8,13H,2,9-12H2,1H3. The number of hydrogen-bond donors (Lipinski definition) is 0. The molecular formula is C18H20N2O4. The number of nitro benzene ring substituents is 1. The molecule has 0 aliphatic heterocycles. The maximum Gasteiger partial charge on any atom is 0.270 e. The number of fused-ring (bicyclic) bond motifs is 3. The van der Waals surface area contributed by atoms with E-state index in [2.05, 4.69) is 4.57 Å². The molecule has 0 amide bonds. The van der Waals surface area contributed by atoms with Gasteiger partial charge in [-0.05, 0) is 19.1 Å². The molecule has 24 heavy (non-hydrogen) atoms.